The first-order chi connectivity index (χ1) is 6.36. The Balaban J connectivity index is 4.44. The fourth-order valence-corrected chi connectivity index (χ4v) is 2.42. The Bertz CT molecular complexity index is 252. The zero-order valence-corrected chi connectivity index (χ0v) is 10.3. The summed E-state index contributed by atoms with van der Waals surface area (Å²) in [5.41, 5.74) is 5.35. The molecular weight excluding hydrogens is 200 g/mol. The minimum atomic E-state index is -3.19. The van der Waals surface area contributed by atoms with Gasteiger partial charge in [-0.25, -0.2) is 12.7 Å². The van der Waals surface area contributed by atoms with Crippen molar-refractivity contribution in [2.24, 2.45) is 11.7 Å². The van der Waals surface area contributed by atoms with Crippen molar-refractivity contribution in [3.05, 3.63) is 0 Å². The highest BCUT2D eigenvalue weighted by molar-refractivity contribution is 7.89. The van der Waals surface area contributed by atoms with Crippen LogP contribution in [0.25, 0.3) is 0 Å². The number of rotatable bonds is 6. The summed E-state index contributed by atoms with van der Waals surface area (Å²) in [7, 11) is -1.57. The first-order valence-corrected chi connectivity index (χ1v) is 6.51. The lowest BCUT2D eigenvalue weighted by Crippen LogP contribution is -2.40. The van der Waals surface area contributed by atoms with E-state index in [4.69, 9.17) is 5.73 Å². The molecule has 14 heavy (non-hydrogen) atoms. The molecule has 86 valence electrons. The monoisotopic (exact) mass is 222 g/mol. The maximum Gasteiger partial charge on any atom is 0.217 e. The average Bonchev–Trinajstić information content (AvgIpc) is 2.15. The molecule has 0 saturated carbocycles. The molecule has 0 fully saturated rings. The normalized spacial score (nSPS) is 17.0. The highest BCUT2D eigenvalue weighted by atomic mass is 32.2. The highest BCUT2D eigenvalue weighted by Gasteiger charge is 2.25. The standard InChI is InChI=1S/C9H22N2O2S/c1-5-8(2)7-11(4)14(12,13)9(3)6-10/h8-9H,5-7,10H2,1-4H3. The third kappa shape index (κ3) is 3.55. The summed E-state index contributed by atoms with van der Waals surface area (Å²) < 4.78 is 24.9. The molecule has 0 heterocycles. The van der Waals surface area contributed by atoms with Gasteiger partial charge in [0.25, 0.3) is 0 Å². The van der Waals surface area contributed by atoms with Crippen LogP contribution in [0.15, 0.2) is 0 Å². The third-order valence-corrected chi connectivity index (χ3v) is 4.77. The molecule has 0 aromatic carbocycles. The van der Waals surface area contributed by atoms with Crippen molar-refractivity contribution in [1.29, 1.82) is 0 Å². The van der Waals surface area contributed by atoms with Gasteiger partial charge < -0.3 is 5.73 Å². The Kier molecular flexibility index (Phi) is 5.63. The maximum atomic E-state index is 11.8. The zero-order valence-electron chi connectivity index (χ0n) is 9.53. The summed E-state index contributed by atoms with van der Waals surface area (Å²) >= 11 is 0. The van der Waals surface area contributed by atoms with Gasteiger partial charge in [-0.05, 0) is 12.8 Å². The fourth-order valence-electron chi connectivity index (χ4n) is 1.10. The molecule has 0 aromatic rings. The molecule has 0 aliphatic rings. The molecule has 2 N–H and O–H groups in total. The van der Waals surface area contributed by atoms with Crippen LogP contribution in [-0.4, -0.2) is 38.1 Å². The van der Waals surface area contributed by atoms with E-state index in [1.807, 2.05) is 6.92 Å². The van der Waals surface area contributed by atoms with Crippen LogP contribution in [0.2, 0.25) is 0 Å². The van der Waals surface area contributed by atoms with E-state index in [9.17, 15) is 8.42 Å². The van der Waals surface area contributed by atoms with Crippen LogP contribution in [0, 0.1) is 5.92 Å². The minimum Gasteiger partial charge on any atom is -0.329 e. The Morgan fingerprint density at radius 1 is 1.36 bits per heavy atom. The van der Waals surface area contributed by atoms with Gasteiger partial charge in [0, 0.05) is 20.1 Å². The van der Waals surface area contributed by atoms with E-state index in [0.29, 0.717) is 12.5 Å². The van der Waals surface area contributed by atoms with E-state index in [1.165, 1.54) is 4.31 Å². The quantitative estimate of drug-likeness (QED) is 0.717. The van der Waals surface area contributed by atoms with Gasteiger partial charge in [-0.15, -0.1) is 0 Å². The molecule has 2 atom stereocenters. The van der Waals surface area contributed by atoms with E-state index < -0.39 is 15.3 Å². The molecule has 0 spiro atoms. The predicted molar refractivity (Wildman–Crippen MR) is 59.5 cm³/mol. The smallest absolute Gasteiger partial charge is 0.217 e. The second-order valence-corrected chi connectivity index (χ2v) is 6.34. The van der Waals surface area contributed by atoms with Gasteiger partial charge in [-0.3, -0.25) is 0 Å². The lowest BCUT2D eigenvalue weighted by Gasteiger charge is -2.23. The van der Waals surface area contributed by atoms with E-state index in [0.717, 1.165) is 6.42 Å². The molecule has 0 aromatic heterocycles. The second kappa shape index (κ2) is 5.68. The van der Waals surface area contributed by atoms with Gasteiger partial charge in [0.2, 0.25) is 10.0 Å². The first kappa shape index (κ1) is 13.9. The molecular formula is C9H22N2O2S. The van der Waals surface area contributed by atoms with Crippen molar-refractivity contribution in [3.8, 4) is 0 Å². The predicted octanol–water partition coefficient (Wildman–Crippen LogP) is 0.641. The highest BCUT2D eigenvalue weighted by Crippen LogP contribution is 2.10. The van der Waals surface area contributed by atoms with Crippen molar-refractivity contribution in [2.75, 3.05) is 20.1 Å². The summed E-state index contributed by atoms with van der Waals surface area (Å²) in [5, 5.41) is -0.489. The molecule has 0 bridgehead atoms. The fraction of sp³-hybridized carbons (Fsp3) is 1.00. The summed E-state index contributed by atoms with van der Waals surface area (Å²) in [5.74, 6) is 0.389. The van der Waals surface area contributed by atoms with Crippen molar-refractivity contribution < 1.29 is 8.42 Å². The van der Waals surface area contributed by atoms with Gasteiger partial charge in [-0.2, -0.15) is 0 Å². The number of nitrogens with zero attached hydrogens (tertiary/aromatic N) is 1. The zero-order chi connectivity index (χ0) is 11.4. The van der Waals surface area contributed by atoms with Crippen LogP contribution in [0.1, 0.15) is 27.2 Å². The number of hydrogen-bond donors (Lipinski definition) is 1. The maximum absolute atomic E-state index is 11.8. The van der Waals surface area contributed by atoms with E-state index in [2.05, 4.69) is 6.92 Å². The molecule has 0 aliphatic carbocycles. The van der Waals surface area contributed by atoms with Crippen LogP contribution in [0.5, 0.6) is 0 Å². The summed E-state index contributed by atoms with van der Waals surface area (Å²) in [6.07, 6.45) is 0.983. The topological polar surface area (TPSA) is 63.4 Å². The van der Waals surface area contributed by atoms with Crippen molar-refractivity contribution in [1.82, 2.24) is 4.31 Å². The molecule has 0 radical (unpaired) electrons. The van der Waals surface area contributed by atoms with Gasteiger partial charge in [0.1, 0.15) is 0 Å². The molecule has 0 saturated heterocycles. The van der Waals surface area contributed by atoms with Gasteiger partial charge in [0.15, 0.2) is 0 Å². The summed E-state index contributed by atoms with van der Waals surface area (Å²) in [4.78, 5) is 0. The Morgan fingerprint density at radius 3 is 2.21 bits per heavy atom. The lowest BCUT2D eigenvalue weighted by molar-refractivity contribution is 0.389. The molecule has 2 unspecified atom stereocenters. The molecule has 0 amide bonds. The van der Waals surface area contributed by atoms with Crippen LogP contribution < -0.4 is 5.73 Å². The number of hydrogen-bond acceptors (Lipinski definition) is 3. The van der Waals surface area contributed by atoms with Gasteiger partial charge in [0.05, 0.1) is 5.25 Å². The van der Waals surface area contributed by atoms with Crippen LogP contribution in [0.4, 0.5) is 0 Å². The van der Waals surface area contributed by atoms with E-state index in [-0.39, 0.29) is 6.54 Å². The van der Waals surface area contributed by atoms with E-state index >= 15 is 0 Å². The van der Waals surface area contributed by atoms with Crippen LogP contribution in [-0.2, 0) is 10.0 Å². The number of nitrogens with two attached hydrogens (primary N) is 1. The summed E-state index contributed by atoms with van der Waals surface area (Å²) in [6, 6.07) is 0. The third-order valence-electron chi connectivity index (χ3n) is 2.54. The molecule has 0 rings (SSSR count). The van der Waals surface area contributed by atoms with Crippen LogP contribution >= 0.6 is 0 Å². The van der Waals surface area contributed by atoms with Crippen molar-refractivity contribution in [3.63, 3.8) is 0 Å². The van der Waals surface area contributed by atoms with Crippen molar-refractivity contribution in [2.45, 2.75) is 32.4 Å². The molecule has 5 heteroatoms. The summed E-state index contributed by atoms with van der Waals surface area (Å²) in [6.45, 7) is 6.48. The van der Waals surface area contributed by atoms with E-state index in [1.54, 1.807) is 14.0 Å². The van der Waals surface area contributed by atoms with Gasteiger partial charge in [-0.1, -0.05) is 20.3 Å². The second-order valence-electron chi connectivity index (χ2n) is 3.89. The first-order valence-electron chi connectivity index (χ1n) is 5.01. The molecule has 4 nitrogen and oxygen atoms in total. The lowest BCUT2D eigenvalue weighted by atomic mass is 10.1. The van der Waals surface area contributed by atoms with Crippen LogP contribution in [0.3, 0.4) is 0 Å². The van der Waals surface area contributed by atoms with Crippen molar-refractivity contribution >= 4 is 10.0 Å². The molecule has 0 aliphatic heterocycles. The SMILES string of the molecule is CCC(C)CN(C)S(=O)(=O)C(C)CN. The average molecular weight is 222 g/mol. The van der Waals surface area contributed by atoms with Gasteiger partial charge >= 0.3 is 0 Å². The Labute approximate surface area is 87.5 Å². The Hall–Kier alpha value is -0.130. The largest absolute Gasteiger partial charge is 0.329 e. The minimum absolute atomic E-state index is 0.174. The Morgan fingerprint density at radius 2 is 1.86 bits per heavy atom. The number of sulfonamides is 1.